The fourth-order valence-corrected chi connectivity index (χ4v) is 11.8. The fraction of sp³-hybridized carbons (Fsp3) is 0.851. The van der Waals surface area contributed by atoms with E-state index in [1.807, 2.05) is 6.08 Å². The van der Waals surface area contributed by atoms with E-state index in [0.29, 0.717) is 12.8 Å². The average Bonchev–Trinajstić information content (AvgIpc) is 2.45. The van der Waals surface area contributed by atoms with E-state index in [9.17, 15) is 45.6 Å². The normalized spacial score (nSPS) is 23.5. The van der Waals surface area contributed by atoms with Gasteiger partial charge in [-0.3, -0.25) is 4.79 Å². The third-order valence-electron chi connectivity index (χ3n) is 17.7. The molecule has 9 N–H and O–H groups in total. The number of unbranched alkanes of at least 4 members (excludes halogenated alkanes) is 39. The van der Waals surface area contributed by atoms with Crippen molar-refractivity contribution in [3.63, 3.8) is 0 Å². The summed E-state index contributed by atoms with van der Waals surface area (Å²) in [5.41, 5.74) is 0. The minimum Gasteiger partial charge on any atom is -0.394 e. The van der Waals surface area contributed by atoms with Crippen molar-refractivity contribution in [2.24, 2.45) is 0 Å². The molecule has 1 amide bonds. The Bertz CT molecular complexity index is 1710. The molecule has 2 fully saturated rings. The third-order valence-corrected chi connectivity index (χ3v) is 17.7. The monoisotopic (exact) mass is 1250 g/mol. The van der Waals surface area contributed by atoms with Gasteiger partial charge < -0.3 is 65.1 Å². The van der Waals surface area contributed by atoms with E-state index in [1.165, 1.54) is 231 Å². The summed E-state index contributed by atoms with van der Waals surface area (Å²) in [4.78, 5) is 13.3. The predicted octanol–water partition coefficient (Wildman–Crippen LogP) is 15.2. The second-order valence-corrected chi connectivity index (χ2v) is 25.7. The molecule has 2 heterocycles. The first-order chi connectivity index (χ1) is 43.1. The van der Waals surface area contributed by atoms with E-state index in [1.54, 1.807) is 6.08 Å². The number of allylic oxidation sites excluding steroid dienone is 9. The second kappa shape index (κ2) is 58.5. The zero-order valence-electron chi connectivity index (χ0n) is 56.0. The van der Waals surface area contributed by atoms with Gasteiger partial charge in [-0.1, -0.05) is 293 Å². The predicted molar refractivity (Wildman–Crippen MR) is 360 cm³/mol. The quantitative estimate of drug-likeness (QED) is 0.0204. The number of aliphatic hydroxyl groups is 8. The Morgan fingerprint density at radius 2 is 0.761 bits per heavy atom. The van der Waals surface area contributed by atoms with Crippen molar-refractivity contribution in [1.82, 2.24) is 5.32 Å². The van der Waals surface area contributed by atoms with Gasteiger partial charge in [-0.15, -0.1) is 0 Å². The summed E-state index contributed by atoms with van der Waals surface area (Å²) in [6.45, 7) is 2.77. The van der Waals surface area contributed by atoms with Crippen LogP contribution in [0.3, 0.4) is 0 Å². The average molecular weight is 1250 g/mol. The van der Waals surface area contributed by atoms with Crippen LogP contribution < -0.4 is 5.32 Å². The summed E-state index contributed by atoms with van der Waals surface area (Å²) in [6.07, 6.45) is 61.8. The van der Waals surface area contributed by atoms with Gasteiger partial charge in [0.2, 0.25) is 5.91 Å². The lowest BCUT2D eigenvalue weighted by atomic mass is 9.97. The molecule has 12 atom stereocenters. The molecule has 2 saturated heterocycles. The van der Waals surface area contributed by atoms with Crippen molar-refractivity contribution in [3.8, 4) is 0 Å². The lowest BCUT2D eigenvalue weighted by Crippen LogP contribution is -2.65. The van der Waals surface area contributed by atoms with Gasteiger partial charge in [0.1, 0.15) is 48.8 Å². The highest BCUT2D eigenvalue weighted by atomic mass is 16.7. The van der Waals surface area contributed by atoms with Crippen LogP contribution in [0.4, 0.5) is 0 Å². The molecule has 12 unspecified atom stereocenters. The van der Waals surface area contributed by atoms with Gasteiger partial charge in [0.05, 0.1) is 32.0 Å². The van der Waals surface area contributed by atoms with Gasteiger partial charge in [-0.25, -0.2) is 0 Å². The van der Waals surface area contributed by atoms with Gasteiger partial charge >= 0.3 is 0 Å². The first-order valence-corrected chi connectivity index (χ1v) is 36.5. The van der Waals surface area contributed by atoms with Crippen molar-refractivity contribution in [3.05, 3.63) is 60.8 Å². The van der Waals surface area contributed by atoms with Crippen LogP contribution in [0.25, 0.3) is 0 Å². The Balaban J connectivity index is 1.53. The number of hydrogen-bond donors (Lipinski definition) is 9. The SMILES string of the molecule is CCCCCCC/C=C\C/C=C\C/C=C\CCCCCCCCCCCCCCCCCCCCCCCCCCCCC(=O)NC(COC1OC(CO)C(OC2OC(CO)C(O)C(O)C2O)C(O)C1O)C(O)/C=C/CC/C=C/CCCCCCCCC. The molecule has 14 nitrogen and oxygen atoms in total. The summed E-state index contributed by atoms with van der Waals surface area (Å²) in [5, 5.41) is 87.2. The summed E-state index contributed by atoms with van der Waals surface area (Å²) in [6, 6.07) is -0.930. The number of carbonyl (C=O) groups excluding carboxylic acids is 1. The maximum atomic E-state index is 13.3. The molecule has 2 rings (SSSR count). The number of carbonyl (C=O) groups is 1. The number of aliphatic hydroxyl groups excluding tert-OH is 8. The molecule has 2 aliphatic heterocycles. The lowest BCUT2D eigenvalue weighted by molar-refractivity contribution is -0.359. The van der Waals surface area contributed by atoms with Gasteiger partial charge in [0.25, 0.3) is 0 Å². The molecule has 14 heteroatoms. The molecule has 88 heavy (non-hydrogen) atoms. The maximum absolute atomic E-state index is 13.3. The third kappa shape index (κ3) is 42.0. The van der Waals surface area contributed by atoms with Gasteiger partial charge in [-0.05, 0) is 70.6 Å². The van der Waals surface area contributed by atoms with Crippen molar-refractivity contribution in [1.29, 1.82) is 0 Å². The van der Waals surface area contributed by atoms with E-state index >= 15 is 0 Å². The Morgan fingerprint density at radius 1 is 0.409 bits per heavy atom. The Morgan fingerprint density at radius 3 is 1.19 bits per heavy atom. The van der Waals surface area contributed by atoms with Crippen LogP contribution in [0.5, 0.6) is 0 Å². The molecular formula is C74H135NO13. The number of rotatable bonds is 60. The topological polar surface area (TPSA) is 228 Å². The van der Waals surface area contributed by atoms with Crippen LogP contribution in [0.15, 0.2) is 60.8 Å². The molecule has 0 aromatic heterocycles. The van der Waals surface area contributed by atoms with Crippen LogP contribution >= 0.6 is 0 Å². The highest BCUT2D eigenvalue weighted by molar-refractivity contribution is 5.76. The number of nitrogens with one attached hydrogen (secondary N) is 1. The standard InChI is InChI=1S/C74H135NO13/c1-3-5-7-9-11-13-15-17-18-19-20-21-22-23-24-25-26-27-28-29-30-31-32-33-34-35-36-37-38-39-40-41-42-43-44-46-48-50-52-54-56-58-66(79)75-62(63(78)57-55-53-51-49-47-45-16-14-12-10-8-6-4-2)61-85-73-71(84)69(82)72(65(60-77)87-73)88-74-70(83)68(81)67(80)64(59-76)86-74/h15,17,19-20,22-23,47,49,55,57,62-65,67-74,76-78,80-84H,3-14,16,18,21,24-46,48,50-54,56,58-61H2,1-2H3,(H,75,79)/b17-15-,20-19-,23-22-,49-47+,57-55+. The molecule has 0 aromatic carbocycles. The summed E-state index contributed by atoms with van der Waals surface area (Å²) >= 11 is 0. The number of hydrogen-bond acceptors (Lipinski definition) is 13. The van der Waals surface area contributed by atoms with E-state index in [-0.39, 0.29) is 18.9 Å². The summed E-state index contributed by atoms with van der Waals surface area (Å²) in [7, 11) is 0. The van der Waals surface area contributed by atoms with E-state index in [0.717, 1.165) is 44.9 Å². The van der Waals surface area contributed by atoms with E-state index in [2.05, 4.69) is 67.8 Å². The van der Waals surface area contributed by atoms with Gasteiger partial charge in [0, 0.05) is 6.42 Å². The molecule has 0 aliphatic carbocycles. The van der Waals surface area contributed by atoms with Crippen LogP contribution in [0.2, 0.25) is 0 Å². The minimum atomic E-state index is -1.79. The van der Waals surface area contributed by atoms with Crippen molar-refractivity contribution in [2.45, 2.75) is 383 Å². The van der Waals surface area contributed by atoms with Gasteiger partial charge in [0.15, 0.2) is 12.6 Å². The molecule has 0 spiro atoms. The molecule has 2 aliphatic rings. The Hall–Kier alpha value is -2.31. The minimum absolute atomic E-state index is 0.246. The zero-order valence-corrected chi connectivity index (χ0v) is 56.0. The van der Waals surface area contributed by atoms with E-state index in [4.69, 9.17) is 18.9 Å². The molecular weight excluding hydrogens is 1110 g/mol. The fourth-order valence-electron chi connectivity index (χ4n) is 11.8. The molecule has 0 radical (unpaired) electrons. The van der Waals surface area contributed by atoms with Gasteiger partial charge in [-0.2, -0.15) is 0 Å². The van der Waals surface area contributed by atoms with Crippen LogP contribution in [0, 0.1) is 0 Å². The second-order valence-electron chi connectivity index (χ2n) is 25.7. The number of amides is 1. The van der Waals surface area contributed by atoms with Crippen molar-refractivity contribution >= 4 is 5.91 Å². The Kier molecular flexibility index (Phi) is 54.4. The lowest BCUT2D eigenvalue weighted by Gasteiger charge is -2.46. The van der Waals surface area contributed by atoms with Crippen LogP contribution in [0.1, 0.15) is 309 Å². The first-order valence-electron chi connectivity index (χ1n) is 36.5. The van der Waals surface area contributed by atoms with Crippen LogP contribution in [-0.4, -0.2) is 140 Å². The van der Waals surface area contributed by atoms with Crippen molar-refractivity contribution < 1.29 is 64.6 Å². The van der Waals surface area contributed by atoms with E-state index < -0.39 is 86.8 Å². The smallest absolute Gasteiger partial charge is 0.220 e. The molecule has 0 bridgehead atoms. The summed E-state index contributed by atoms with van der Waals surface area (Å²) in [5.74, 6) is -0.246. The largest absolute Gasteiger partial charge is 0.394 e. The highest BCUT2D eigenvalue weighted by Crippen LogP contribution is 2.30. The van der Waals surface area contributed by atoms with Crippen molar-refractivity contribution in [2.75, 3.05) is 19.8 Å². The molecule has 514 valence electrons. The van der Waals surface area contributed by atoms with Crippen LogP contribution in [-0.2, 0) is 23.7 Å². The Labute approximate surface area is 536 Å². The number of ether oxygens (including phenoxy) is 4. The zero-order chi connectivity index (χ0) is 63.8. The maximum Gasteiger partial charge on any atom is 0.220 e. The molecule has 0 saturated carbocycles. The summed E-state index contributed by atoms with van der Waals surface area (Å²) < 4.78 is 22.8. The first kappa shape index (κ1) is 81.8. The highest BCUT2D eigenvalue weighted by Gasteiger charge is 2.51. The molecule has 0 aromatic rings.